The summed E-state index contributed by atoms with van der Waals surface area (Å²) in [6.45, 7) is 4.52. The molecule has 0 aromatic carbocycles. The van der Waals surface area contributed by atoms with Gasteiger partial charge < -0.3 is 9.88 Å². The average Bonchev–Trinajstić information content (AvgIpc) is 2.87. The van der Waals surface area contributed by atoms with Crippen LogP contribution < -0.4 is 10.9 Å². The highest BCUT2D eigenvalue weighted by Gasteiger charge is 2.18. The van der Waals surface area contributed by atoms with Crippen molar-refractivity contribution in [2.24, 2.45) is 0 Å². The zero-order chi connectivity index (χ0) is 15.6. The van der Waals surface area contributed by atoms with Crippen LogP contribution >= 0.6 is 27.3 Å². The van der Waals surface area contributed by atoms with Crippen LogP contribution in [0.5, 0.6) is 0 Å². The summed E-state index contributed by atoms with van der Waals surface area (Å²) in [7, 11) is 0. The number of halogens is 1. The number of hydrogen-bond acceptors (Lipinski definition) is 6. The molecule has 112 valence electrons. The Kier molecular flexibility index (Phi) is 4.73. The number of rotatable bonds is 5. The predicted octanol–water partition coefficient (Wildman–Crippen LogP) is 2.76. The highest BCUT2D eigenvalue weighted by atomic mass is 79.9. The first-order valence-corrected chi connectivity index (χ1v) is 7.77. The standard InChI is InChI=1S/C12H13BrN4O3S/c1-3-14-12-15-4-8(21-12)5-16-6-9(17(19)20)7(2)10(13)11(16)18/h4,6H,3,5H2,1-2H3,(H,14,15). The Morgan fingerprint density at radius 2 is 2.29 bits per heavy atom. The fraction of sp³-hybridized carbons (Fsp3) is 0.333. The van der Waals surface area contributed by atoms with Gasteiger partial charge in [-0.2, -0.15) is 0 Å². The van der Waals surface area contributed by atoms with E-state index in [1.54, 1.807) is 13.1 Å². The Bertz CT molecular complexity index is 741. The molecule has 2 rings (SSSR count). The summed E-state index contributed by atoms with van der Waals surface area (Å²) in [5.41, 5.74) is -0.0479. The number of hydrogen-bond donors (Lipinski definition) is 1. The summed E-state index contributed by atoms with van der Waals surface area (Å²) < 4.78 is 1.53. The SMILES string of the molecule is CCNc1ncc(Cn2cc([N+](=O)[O-])c(C)c(Br)c2=O)s1. The molecule has 2 aromatic heterocycles. The van der Waals surface area contributed by atoms with Crippen LogP contribution in [0.1, 0.15) is 17.4 Å². The number of nitro groups is 1. The van der Waals surface area contributed by atoms with Crippen molar-refractivity contribution in [2.45, 2.75) is 20.4 Å². The highest BCUT2D eigenvalue weighted by Crippen LogP contribution is 2.24. The highest BCUT2D eigenvalue weighted by molar-refractivity contribution is 9.10. The molecule has 7 nitrogen and oxygen atoms in total. The van der Waals surface area contributed by atoms with Gasteiger partial charge in [0, 0.05) is 23.2 Å². The van der Waals surface area contributed by atoms with Crippen LogP contribution in [0.4, 0.5) is 10.8 Å². The molecular formula is C12H13BrN4O3S. The maximum absolute atomic E-state index is 12.2. The van der Waals surface area contributed by atoms with Gasteiger partial charge in [0.15, 0.2) is 5.13 Å². The molecule has 0 radical (unpaired) electrons. The molecule has 1 N–H and O–H groups in total. The lowest BCUT2D eigenvalue weighted by atomic mass is 10.2. The molecule has 0 aliphatic carbocycles. The molecule has 0 amide bonds. The molecule has 0 saturated carbocycles. The second-order valence-corrected chi connectivity index (χ2v) is 6.21. The van der Waals surface area contributed by atoms with Crippen molar-refractivity contribution >= 4 is 38.1 Å². The summed E-state index contributed by atoms with van der Waals surface area (Å²) in [4.78, 5) is 27.7. The summed E-state index contributed by atoms with van der Waals surface area (Å²) in [6.07, 6.45) is 2.93. The molecule has 0 unspecified atom stereocenters. The molecule has 9 heteroatoms. The summed E-state index contributed by atoms with van der Waals surface area (Å²) >= 11 is 4.55. The Morgan fingerprint density at radius 1 is 1.57 bits per heavy atom. The zero-order valence-corrected chi connectivity index (χ0v) is 13.8. The lowest BCUT2D eigenvalue weighted by molar-refractivity contribution is -0.386. The van der Waals surface area contributed by atoms with Crippen molar-refractivity contribution in [1.29, 1.82) is 0 Å². The van der Waals surface area contributed by atoms with Gasteiger partial charge in [0.1, 0.15) is 0 Å². The van der Waals surface area contributed by atoms with Gasteiger partial charge in [0.25, 0.3) is 11.2 Å². The van der Waals surface area contributed by atoms with Gasteiger partial charge in [-0.05, 0) is 29.8 Å². The minimum absolute atomic E-state index is 0.0853. The Labute approximate surface area is 132 Å². The lowest BCUT2D eigenvalue weighted by Gasteiger charge is -2.07. The number of aromatic nitrogens is 2. The van der Waals surface area contributed by atoms with Crippen LogP contribution in [0.25, 0.3) is 0 Å². The second kappa shape index (κ2) is 6.35. The Hall–Kier alpha value is -1.74. The molecule has 0 saturated heterocycles. The van der Waals surface area contributed by atoms with E-state index in [-0.39, 0.29) is 22.3 Å². The minimum Gasteiger partial charge on any atom is -0.362 e. The van der Waals surface area contributed by atoms with Crippen molar-refractivity contribution < 1.29 is 4.92 Å². The molecule has 0 spiro atoms. The molecule has 0 bridgehead atoms. The third-order valence-corrected chi connectivity index (χ3v) is 4.72. The first-order chi connectivity index (χ1) is 9.93. The molecule has 0 aliphatic heterocycles. The second-order valence-electron chi connectivity index (χ2n) is 4.31. The monoisotopic (exact) mass is 372 g/mol. The van der Waals surface area contributed by atoms with E-state index in [1.807, 2.05) is 6.92 Å². The lowest BCUT2D eigenvalue weighted by Crippen LogP contribution is -2.22. The van der Waals surface area contributed by atoms with Crippen LogP contribution in [0.15, 0.2) is 21.7 Å². The van der Waals surface area contributed by atoms with Crippen molar-refractivity contribution in [3.63, 3.8) is 0 Å². The summed E-state index contributed by atoms with van der Waals surface area (Å²) in [6, 6.07) is 0. The number of nitrogens with zero attached hydrogens (tertiary/aromatic N) is 3. The van der Waals surface area contributed by atoms with Gasteiger partial charge in [-0.15, -0.1) is 11.3 Å². The average molecular weight is 373 g/mol. The van der Waals surface area contributed by atoms with Gasteiger partial charge in [-0.3, -0.25) is 14.9 Å². The number of nitrogens with one attached hydrogen (secondary N) is 1. The smallest absolute Gasteiger partial charge is 0.289 e. The van der Waals surface area contributed by atoms with Crippen molar-refractivity contribution in [3.05, 3.63) is 47.8 Å². The van der Waals surface area contributed by atoms with Gasteiger partial charge in [0.05, 0.1) is 22.1 Å². The van der Waals surface area contributed by atoms with E-state index in [9.17, 15) is 14.9 Å². The van der Waals surface area contributed by atoms with E-state index in [0.717, 1.165) is 16.6 Å². The fourth-order valence-electron chi connectivity index (χ4n) is 1.78. The van der Waals surface area contributed by atoms with Crippen LogP contribution in [-0.2, 0) is 6.54 Å². The summed E-state index contributed by atoms with van der Waals surface area (Å²) in [5, 5.41) is 14.9. The molecule has 0 aliphatic rings. The molecule has 21 heavy (non-hydrogen) atoms. The quantitative estimate of drug-likeness (QED) is 0.643. The van der Waals surface area contributed by atoms with Gasteiger partial charge in [-0.25, -0.2) is 4.98 Å². The zero-order valence-electron chi connectivity index (χ0n) is 11.4. The molecule has 2 aromatic rings. The van der Waals surface area contributed by atoms with E-state index >= 15 is 0 Å². The Morgan fingerprint density at radius 3 is 2.90 bits per heavy atom. The normalized spacial score (nSPS) is 10.6. The molecule has 0 fully saturated rings. The van der Waals surface area contributed by atoms with Gasteiger partial charge in [0.2, 0.25) is 0 Å². The van der Waals surface area contributed by atoms with Crippen LogP contribution in [0.3, 0.4) is 0 Å². The largest absolute Gasteiger partial charge is 0.362 e. The summed E-state index contributed by atoms with van der Waals surface area (Å²) in [5.74, 6) is 0. The molecular weight excluding hydrogens is 360 g/mol. The van der Waals surface area contributed by atoms with Crippen molar-refractivity contribution in [1.82, 2.24) is 9.55 Å². The molecule has 0 atom stereocenters. The van der Waals surface area contributed by atoms with E-state index in [1.165, 1.54) is 22.1 Å². The van der Waals surface area contributed by atoms with E-state index < -0.39 is 4.92 Å². The van der Waals surface area contributed by atoms with Crippen molar-refractivity contribution in [2.75, 3.05) is 11.9 Å². The maximum Gasteiger partial charge on any atom is 0.289 e. The van der Waals surface area contributed by atoms with E-state index in [2.05, 4.69) is 26.2 Å². The van der Waals surface area contributed by atoms with Crippen LogP contribution in [0.2, 0.25) is 0 Å². The predicted molar refractivity (Wildman–Crippen MR) is 85.2 cm³/mol. The number of pyridine rings is 1. The third-order valence-electron chi connectivity index (χ3n) is 2.84. The van der Waals surface area contributed by atoms with Gasteiger partial charge in [-0.1, -0.05) is 0 Å². The fourth-order valence-corrected chi connectivity index (χ4v) is 3.10. The number of thiazole rings is 1. The van der Waals surface area contributed by atoms with Crippen LogP contribution in [0, 0.1) is 17.0 Å². The first-order valence-electron chi connectivity index (χ1n) is 6.16. The topological polar surface area (TPSA) is 90.1 Å². The van der Waals surface area contributed by atoms with Crippen LogP contribution in [-0.4, -0.2) is 21.0 Å². The first kappa shape index (κ1) is 15.6. The van der Waals surface area contributed by atoms with Crippen molar-refractivity contribution in [3.8, 4) is 0 Å². The Balaban J connectivity index is 2.39. The third kappa shape index (κ3) is 3.30. The maximum atomic E-state index is 12.2. The molecule has 2 heterocycles. The van der Waals surface area contributed by atoms with Gasteiger partial charge >= 0.3 is 0 Å². The number of anilines is 1. The minimum atomic E-state index is -0.493. The van der Waals surface area contributed by atoms with E-state index in [0.29, 0.717) is 5.56 Å². The van der Waals surface area contributed by atoms with E-state index in [4.69, 9.17) is 0 Å².